The number of rotatable bonds is 8. The zero-order valence-electron chi connectivity index (χ0n) is 18.0. The van der Waals surface area contributed by atoms with Gasteiger partial charge in [0.1, 0.15) is 0 Å². The van der Waals surface area contributed by atoms with Crippen LogP contribution in [0.1, 0.15) is 37.9 Å². The van der Waals surface area contributed by atoms with E-state index in [-0.39, 0.29) is 24.8 Å². The van der Waals surface area contributed by atoms with Crippen LogP contribution in [-0.4, -0.2) is 36.2 Å². The number of pyridine rings is 1. The van der Waals surface area contributed by atoms with Crippen molar-refractivity contribution in [1.29, 1.82) is 0 Å². The van der Waals surface area contributed by atoms with Crippen LogP contribution in [0.4, 0.5) is 5.69 Å². The van der Waals surface area contributed by atoms with Crippen molar-refractivity contribution in [2.24, 2.45) is 0 Å². The zero-order chi connectivity index (χ0) is 21.7. The topological polar surface area (TPSA) is 68.7 Å². The average molecular weight is 408 g/mol. The second-order valence-corrected chi connectivity index (χ2v) is 7.26. The van der Waals surface area contributed by atoms with E-state index in [1.807, 2.05) is 43.1 Å². The minimum Gasteiger partial charge on any atom is -0.462 e. The smallest absolute Gasteiger partial charge is 0.347 e. The van der Waals surface area contributed by atoms with Crippen LogP contribution in [-0.2, 0) is 19.1 Å². The summed E-state index contributed by atoms with van der Waals surface area (Å²) >= 11 is 0. The molecular weight excluding hydrogens is 380 g/mol. The number of anilines is 1. The summed E-state index contributed by atoms with van der Waals surface area (Å²) in [6.07, 6.45) is 5.44. The Morgan fingerprint density at radius 2 is 1.73 bits per heavy atom. The van der Waals surface area contributed by atoms with Gasteiger partial charge in [-0.25, -0.2) is 9.59 Å². The molecule has 6 heteroatoms. The molecule has 1 aliphatic carbocycles. The third-order valence-electron chi connectivity index (χ3n) is 5.00. The largest absolute Gasteiger partial charge is 0.462 e. The van der Waals surface area contributed by atoms with E-state index in [0.717, 1.165) is 40.9 Å². The van der Waals surface area contributed by atoms with Gasteiger partial charge in [0.05, 0.1) is 13.2 Å². The molecule has 1 saturated carbocycles. The molecule has 1 aromatic carbocycles. The third kappa shape index (κ3) is 4.87. The molecule has 0 radical (unpaired) electrons. The quantitative estimate of drug-likeness (QED) is 0.280. The van der Waals surface area contributed by atoms with Crippen molar-refractivity contribution >= 4 is 17.6 Å². The SMILES string of the molecule is CCOC(=O)C(=CN(c1cccc(-c2ccc(C)nc2)c1C)C1CC1)C(=O)OCC. The van der Waals surface area contributed by atoms with Crippen LogP contribution in [0.3, 0.4) is 0 Å². The molecule has 158 valence electrons. The predicted molar refractivity (Wildman–Crippen MR) is 116 cm³/mol. The first-order chi connectivity index (χ1) is 14.5. The van der Waals surface area contributed by atoms with Gasteiger partial charge in [-0.2, -0.15) is 0 Å². The number of aryl methyl sites for hydroxylation is 1. The fourth-order valence-electron chi connectivity index (χ4n) is 3.31. The normalized spacial score (nSPS) is 12.8. The Labute approximate surface area is 177 Å². The molecule has 1 aromatic heterocycles. The first kappa shape index (κ1) is 21.6. The van der Waals surface area contributed by atoms with Crippen LogP contribution >= 0.6 is 0 Å². The minimum absolute atomic E-state index is 0.0904. The average Bonchev–Trinajstić information content (AvgIpc) is 3.56. The summed E-state index contributed by atoms with van der Waals surface area (Å²) in [4.78, 5) is 31.3. The van der Waals surface area contributed by atoms with Gasteiger partial charge in [-0.3, -0.25) is 4.98 Å². The maximum atomic E-state index is 12.4. The van der Waals surface area contributed by atoms with Gasteiger partial charge >= 0.3 is 11.9 Å². The van der Waals surface area contributed by atoms with E-state index >= 15 is 0 Å². The highest BCUT2D eigenvalue weighted by molar-refractivity contribution is 6.14. The van der Waals surface area contributed by atoms with Crippen molar-refractivity contribution in [2.45, 2.75) is 46.6 Å². The third-order valence-corrected chi connectivity index (χ3v) is 5.00. The molecule has 0 N–H and O–H groups in total. The van der Waals surface area contributed by atoms with E-state index in [4.69, 9.17) is 9.47 Å². The maximum absolute atomic E-state index is 12.4. The maximum Gasteiger partial charge on any atom is 0.347 e. The molecule has 0 bridgehead atoms. The molecule has 0 aliphatic heterocycles. The lowest BCUT2D eigenvalue weighted by Gasteiger charge is -2.25. The number of carbonyl (C=O) groups excluding carboxylic acids is 2. The molecule has 1 aliphatic rings. The van der Waals surface area contributed by atoms with Gasteiger partial charge in [-0.05, 0) is 63.8 Å². The first-order valence-corrected chi connectivity index (χ1v) is 10.3. The number of hydrogen-bond acceptors (Lipinski definition) is 6. The van der Waals surface area contributed by atoms with Gasteiger partial charge in [-0.15, -0.1) is 0 Å². The molecule has 0 saturated heterocycles. The molecule has 30 heavy (non-hydrogen) atoms. The van der Waals surface area contributed by atoms with Gasteiger partial charge < -0.3 is 14.4 Å². The van der Waals surface area contributed by atoms with E-state index in [2.05, 4.69) is 17.1 Å². The summed E-state index contributed by atoms with van der Waals surface area (Å²) < 4.78 is 10.2. The minimum atomic E-state index is -0.668. The lowest BCUT2D eigenvalue weighted by atomic mass is 9.99. The first-order valence-electron chi connectivity index (χ1n) is 10.3. The number of esters is 2. The highest BCUT2D eigenvalue weighted by Gasteiger charge is 2.32. The summed E-state index contributed by atoms with van der Waals surface area (Å²) in [5, 5.41) is 0. The van der Waals surface area contributed by atoms with Gasteiger partial charge in [-0.1, -0.05) is 18.2 Å². The second kappa shape index (κ2) is 9.57. The Morgan fingerprint density at radius 1 is 1.07 bits per heavy atom. The van der Waals surface area contributed by atoms with Crippen molar-refractivity contribution in [2.75, 3.05) is 18.1 Å². The Balaban J connectivity index is 2.04. The van der Waals surface area contributed by atoms with Crippen LogP contribution in [0, 0.1) is 13.8 Å². The molecule has 0 atom stereocenters. The monoisotopic (exact) mass is 408 g/mol. The number of benzene rings is 1. The van der Waals surface area contributed by atoms with Crippen LogP contribution < -0.4 is 4.90 Å². The molecular formula is C24H28N2O4. The van der Waals surface area contributed by atoms with Gasteiger partial charge in [0.15, 0.2) is 5.57 Å². The molecule has 3 rings (SSSR count). The fraction of sp³-hybridized carbons (Fsp3) is 0.375. The molecule has 0 unspecified atom stereocenters. The number of aromatic nitrogens is 1. The van der Waals surface area contributed by atoms with Gasteiger partial charge in [0.25, 0.3) is 0 Å². The summed E-state index contributed by atoms with van der Waals surface area (Å²) in [6.45, 7) is 7.80. The van der Waals surface area contributed by atoms with E-state index in [1.54, 1.807) is 20.0 Å². The predicted octanol–water partition coefficient (Wildman–Crippen LogP) is 4.34. The number of carbonyl (C=O) groups is 2. The molecule has 1 heterocycles. The van der Waals surface area contributed by atoms with E-state index in [9.17, 15) is 9.59 Å². The molecule has 0 amide bonds. The van der Waals surface area contributed by atoms with Gasteiger partial charge in [0, 0.05) is 35.4 Å². The summed E-state index contributed by atoms with van der Waals surface area (Å²) in [6, 6.07) is 10.3. The van der Waals surface area contributed by atoms with E-state index in [1.165, 1.54) is 0 Å². The molecule has 6 nitrogen and oxygen atoms in total. The fourth-order valence-corrected chi connectivity index (χ4v) is 3.31. The van der Waals surface area contributed by atoms with E-state index in [0.29, 0.717) is 0 Å². The van der Waals surface area contributed by atoms with Crippen molar-refractivity contribution < 1.29 is 19.1 Å². The standard InChI is InChI=1S/C24H28N2O4/c1-5-29-23(27)21(24(28)30-6-2)15-26(19-12-13-19)22-9-7-8-20(17(22)4)18-11-10-16(3)25-14-18/h7-11,14-15,19H,5-6,12-13H2,1-4H3. The number of hydrogen-bond donors (Lipinski definition) is 0. The summed E-state index contributed by atoms with van der Waals surface area (Å²) in [5.41, 5.74) is 4.96. The number of nitrogens with zero attached hydrogens (tertiary/aromatic N) is 2. The lowest BCUT2D eigenvalue weighted by molar-refractivity contribution is -0.146. The second-order valence-electron chi connectivity index (χ2n) is 7.26. The summed E-state index contributed by atoms with van der Waals surface area (Å²) in [7, 11) is 0. The van der Waals surface area contributed by atoms with Crippen LogP contribution in [0.15, 0.2) is 48.3 Å². The lowest BCUT2D eigenvalue weighted by Crippen LogP contribution is -2.26. The number of ether oxygens (including phenoxy) is 2. The molecule has 2 aromatic rings. The van der Waals surface area contributed by atoms with Gasteiger partial charge in [0.2, 0.25) is 0 Å². The Morgan fingerprint density at radius 3 is 2.27 bits per heavy atom. The molecule has 0 spiro atoms. The van der Waals surface area contributed by atoms with Crippen molar-refractivity contribution in [1.82, 2.24) is 4.98 Å². The Hall–Kier alpha value is -3.15. The van der Waals surface area contributed by atoms with Crippen LogP contribution in [0.25, 0.3) is 11.1 Å². The van der Waals surface area contributed by atoms with Crippen LogP contribution in [0.2, 0.25) is 0 Å². The highest BCUT2D eigenvalue weighted by Crippen LogP contribution is 2.37. The zero-order valence-corrected chi connectivity index (χ0v) is 18.0. The van der Waals surface area contributed by atoms with Crippen molar-refractivity contribution in [3.8, 4) is 11.1 Å². The Kier molecular flexibility index (Phi) is 6.87. The van der Waals surface area contributed by atoms with Crippen molar-refractivity contribution in [3.63, 3.8) is 0 Å². The van der Waals surface area contributed by atoms with E-state index < -0.39 is 11.9 Å². The van der Waals surface area contributed by atoms with Crippen LogP contribution in [0.5, 0.6) is 0 Å². The Bertz CT molecular complexity index is 926. The molecule has 1 fully saturated rings. The summed E-state index contributed by atoms with van der Waals surface area (Å²) in [5.74, 6) is -1.34. The van der Waals surface area contributed by atoms with Crippen molar-refractivity contribution in [3.05, 3.63) is 59.6 Å². The highest BCUT2D eigenvalue weighted by atomic mass is 16.6.